The largest absolute Gasteiger partial charge is 0.516 e. The second kappa shape index (κ2) is 6.83. The molecule has 0 atom stereocenters. The topological polar surface area (TPSA) is 20.2 Å². The minimum absolute atomic E-state index is 0.721. The Morgan fingerprint density at radius 2 is 2.12 bits per heavy atom. The molecule has 0 aliphatic carbocycles. The first-order valence-electron chi connectivity index (χ1n) is 2.77. The summed E-state index contributed by atoms with van der Waals surface area (Å²) in [5, 5.41) is 8.15. The third-order valence-corrected chi connectivity index (χ3v) is 1.13. The van der Waals surface area contributed by atoms with Gasteiger partial charge >= 0.3 is 0 Å². The zero-order valence-electron chi connectivity index (χ0n) is 4.81. The van der Waals surface area contributed by atoms with E-state index < -0.39 is 0 Å². The van der Waals surface area contributed by atoms with Gasteiger partial charge in [0, 0.05) is 5.88 Å². The zero-order chi connectivity index (χ0) is 6.24. The maximum Gasteiger partial charge on any atom is 0.0751 e. The number of unbranched alkanes of at least 4 members (excludes halogenated alkanes) is 2. The van der Waals surface area contributed by atoms with Crippen molar-refractivity contribution in [2.45, 2.75) is 19.3 Å². The normalized spacial score (nSPS) is 10.6. The standard InChI is InChI=1S/C6H11ClO/c7-5-3-1-2-4-6-8/h4,6,8H,1-3,5H2. The van der Waals surface area contributed by atoms with Gasteiger partial charge < -0.3 is 5.11 Å². The van der Waals surface area contributed by atoms with E-state index >= 15 is 0 Å². The number of allylic oxidation sites excluding steroid dienone is 1. The van der Waals surface area contributed by atoms with Crippen molar-refractivity contribution in [2.24, 2.45) is 0 Å². The van der Waals surface area contributed by atoms with E-state index in [9.17, 15) is 0 Å². The number of hydrogen-bond donors (Lipinski definition) is 1. The minimum atomic E-state index is 0.721. The van der Waals surface area contributed by atoms with E-state index in [2.05, 4.69) is 0 Å². The van der Waals surface area contributed by atoms with Crippen molar-refractivity contribution < 1.29 is 5.11 Å². The van der Waals surface area contributed by atoms with Crippen molar-refractivity contribution in [3.63, 3.8) is 0 Å². The molecule has 0 rings (SSSR count). The van der Waals surface area contributed by atoms with Crippen molar-refractivity contribution >= 4 is 11.6 Å². The van der Waals surface area contributed by atoms with Crippen molar-refractivity contribution in [2.75, 3.05) is 5.88 Å². The van der Waals surface area contributed by atoms with Gasteiger partial charge in [-0.15, -0.1) is 11.6 Å². The van der Waals surface area contributed by atoms with E-state index in [0.29, 0.717) is 0 Å². The molecule has 0 heterocycles. The average Bonchev–Trinajstić information content (AvgIpc) is 1.81. The minimum Gasteiger partial charge on any atom is -0.516 e. The van der Waals surface area contributed by atoms with E-state index in [1.807, 2.05) is 0 Å². The van der Waals surface area contributed by atoms with Gasteiger partial charge in [0.2, 0.25) is 0 Å². The number of halogens is 1. The number of alkyl halides is 1. The molecule has 0 aromatic rings. The molecule has 0 radical (unpaired) electrons. The second-order valence-electron chi connectivity index (χ2n) is 1.57. The summed E-state index contributed by atoms with van der Waals surface area (Å²) in [4.78, 5) is 0. The van der Waals surface area contributed by atoms with Crippen LogP contribution in [0.4, 0.5) is 0 Å². The molecular weight excluding hydrogens is 124 g/mol. The molecular formula is C6H11ClO. The summed E-state index contributed by atoms with van der Waals surface area (Å²) in [6.45, 7) is 0. The van der Waals surface area contributed by atoms with Crippen molar-refractivity contribution in [3.8, 4) is 0 Å². The lowest BCUT2D eigenvalue weighted by molar-refractivity contribution is 0.470. The molecule has 0 saturated carbocycles. The van der Waals surface area contributed by atoms with Crippen LogP contribution in [0, 0.1) is 0 Å². The number of aliphatic hydroxyl groups excluding tert-OH is 1. The molecule has 0 aliphatic heterocycles. The van der Waals surface area contributed by atoms with Gasteiger partial charge in [-0.25, -0.2) is 0 Å². The fourth-order valence-corrected chi connectivity index (χ4v) is 0.620. The molecule has 0 amide bonds. The number of hydrogen-bond acceptors (Lipinski definition) is 1. The third-order valence-electron chi connectivity index (χ3n) is 0.860. The van der Waals surface area contributed by atoms with E-state index in [4.69, 9.17) is 16.7 Å². The summed E-state index contributed by atoms with van der Waals surface area (Å²) in [6, 6.07) is 0. The average molecular weight is 135 g/mol. The van der Waals surface area contributed by atoms with Crippen LogP contribution >= 0.6 is 11.6 Å². The Labute approximate surface area is 55.0 Å². The molecule has 48 valence electrons. The molecule has 1 nitrogen and oxygen atoms in total. The Hall–Kier alpha value is -0.170. The Morgan fingerprint density at radius 3 is 2.62 bits per heavy atom. The van der Waals surface area contributed by atoms with Crippen molar-refractivity contribution in [3.05, 3.63) is 12.3 Å². The van der Waals surface area contributed by atoms with Gasteiger partial charge in [-0.3, -0.25) is 0 Å². The summed E-state index contributed by atoms with van der Waals surface area (Å²) in [5.74, 6) is 0.721. The van der Waals surface area contributed by atoms with Gasteiger partial charge in [-0.05, 0) is 19.3 Å². The second-order valence-corrected chi connectivity index (χ2v) is 1.95. The molecule has 2 heteroatoms. The van der Waals surface area contributed by atoms with Crippen LogP contribution in [-0.2, 0) is 0 Å². The third kappa shape index (κ3) is 5.83. The van der Waals surface area contributed by atoms with Crippen LogP contribution in [0.25, 0.3) is 0 Å². The molecule has 1 N–H and O–H groups in total. The maximum absolute atomic E-state index is 8.15. The fraction of sp³-hybridized carbons (Fsp3) is 0.667. The summed E-state index contributed by atoms with van der Waals surface area (Å²) in [7, 11) is 0. The summed E-state index contributed by atoms with van der Waals surface area (Å²) < 4.78 is 0. The monoisotopic (exact) mass is 134 g/mol. The highest BCUT2D eigenvalue weighted by Crippen LogP contribution is 1.96. The Morgan fingerprint density at radius 1 is 1.38 bits per heavy atom. The van der Waals surface area contributed by atoms with Crippen molar-refractivity contribution in [1.82, 2.24) is 0 Å². The molecule has 0 bridgehead atoms. The summed E-state index contributed by atoms with van der Waals surface area (Å²) >= 11 is 5.39. The van der Waals surface area contributed by atoms with Gasteiger partial charge in [0.05, 0.1) is 6.26 Å². The predicted octanol–water partition coefficient (Wildman–Crippen LogP) is 2.47. The fourth-order valence-electron chi connectivity index (χ4n) is 0.431. The molecule has 0 saturated heterocycles. The van der Waals surface area contributed by atoms with Crippen LogP contribution in [0.2, 0.25) is 0 Å². The van der Waals surface area contributed by atoms with E-state index in [1.165, 1.54) is 0 Å². The summed E-state index contributed by atoms with van der Waals surface area (Å²) in [5.41, 5.74) is 0. The molecule has 8 heavy (non-hydrogen) atoms. The van der Waals surface area contributed by atoms with Crippen LogP contribution in [0.15, 0.2) is 12.3 Å². The predicted molar refractivity (Wildman–Crippen MR) is 36.3 cm³/mol. The first-order chi connectivity index (χ1) is 3.91. The van der Waals surface area contributed by atoms with Crippen LogP contribution < -0.4 is 0 Å². The van der Waals surface area contributed by atoms with Gasteiger partial charge in [0.15, 0.2) is 0 Å². The van der Waals surface area contributed by atoms with Crippen LogP contribution in [0.5, 0.6) is 0 Å². The van der Waals surface area contributed by atoms with Crippen molar-refractivity contribution in [1.29, 1.82) is 0 Å². The van der Waals surface area contributed by atoms with E-state index in [0.717, 1.165) is 31.4 Å². The highest BCUT2D eigenvalue weighted by Gasteiger charge is 1.80. The van der Waals surface area contributed by atoms with Crippen LogP contribution in [0.1, 0.15) is 19.3 Å². The van der Waals surface area contributed by atoms with Gasteiger partial charge in [-0.2, -0.15) is 0 Å². The highest BCUT2D eigenvalue weighted by molar-refractivity contribution is 6.17. The highest BCUT2D eigenvalue weighted by atomic mass is 35.5. The SMILES string of the molecule is OC=CCCCCCl. The zero-order valence-corrected chi connectivity index (χ0v) is 5.56. The van der Waals surface area contributed by atoms with Gasteiger partial charge in [0.1, 0.15) is 0 Å². The number of rotatable bonds is 4. The molecule has 0 aromatic carbocycles. The molecule has 0 aliphatic rings. The Balaban J connectivity index is 2.72. The first-order valence-corrected chi connectivity index (χ1v) is 3.30. The lowest BCUT2D eigenvalue weighted by Crippen LogP contribution is -1.73. The Kier molecular flexibility index (Phi) is 6.68. The van der Waals surface area contributed by atoms with E-state index in [1.54, 1.807) is 6.08 Å². The van der Waals surface area contributed by atoms with Gasteiger partial charge in [-0.1, -0.05) is 6.08 Å². The quantitative estimate of drug-likeness (QED) is 0.356. The molecule has 0 fully saturated rings. The lowest BCUT2D eigenvalue weighted by atomic mass is 10.2. The lowest BCUT2D eigenvalue weighted by Gasteiger charge is -1.87. The molecule has 0 spiro atoms. The summed E-state index contributed by atoms with van der Waals surface area (Å²) in [6.07, 6.45) is 5.84. The van der Waals surface area contributed by atoms with Gasteiger partial charge in [0.25, 0.3) is 0 Å². The van der Waals surface area contributed by atoms with Crippen LogP contribution in [-0.4, -0.2) is 11.0 Å². The molecule has 0 unspecified atom stereocenters. The number of aliphatic hydroxyl groups is 1. The first kappa shape index (κ1) is 7.83. The van der Waals surface area contributed by atoms with E-state index in [-0.39, 0.29) is 0 Å². The van der Waals surface area contributed by atoms with Crippen LogP contribution in [0.3, 0.4) is 0 Å². The maximum atomic E-state index is 8.15. The Bertz CT molecular complexity index is 61.5. The molecule has 0 aromatic heterocycles. The smallest absolute Gasteiger partial charge is 0.0751 e.